The van der Waals surface area contributed by atoms with E-state index in [1.807, 2.05) is 32.0 Å². The molecular weight excluding hydrogens is 252 g/mol. The van der Waals surface area contributed by atoms with E-state index >= 15 is 0 Å². The summed E-state index contributed by atoms with van der Waals surface area (Å²) in [6.07, 6.45) is 0. The van der Waals surface area contributed by atoms with Crippen LogP contribution in [0.4, 0.5) is 0 Å². The van der Waals surface area contributed by atoms with Crippen molar-refractivity contribution >= 4 is 17.0 Å². The highest BCUT2D eigenvalue weighted by atomic mass is 16.4. The van der Waals surface area contributed by atoms with Crippen LogP contribution in [0.3, 0.4) is 0 Å². The van der Waals surface area contributed by atoms with Crippen molar-refractivity contribution in [1.82, 2.24) is 9.97 Å². The predicted molar refractivity (Wildman–Crippen MR) is 78.0 cm³/mol. The van der Waals surface area contributed by atoms with Gasteiger partial charge in [0.25, 0.3) is 0 Å². The molecule has 0 saturated carbocycles. The lowest BCUT2D eigenvalue weighted by molar-refractivity contribution is 0.0697. The third-order valence-corrected chi connectivity index (χ3v) is 3.45. The predicted octanol–water partition coefficient (Wildman–Crippen LogP) is 3.54. The second-order valence-electron chi connectivity index (χ2n) is 4.89. The zero-order chi connectivity index (χ0) is 14.3. The van der Waals surface area contributed by atoms with E-state index in [4.69, 9.17) is 5.11 Å². The topological polar surface area (TPSA) is 66.0 Å². The quantitative estimate of drug-likeness (QED) is 0.745. The molecule has 0 amide bonds. The molecular formula is C16H14N2O2. The number of carboxylic acid groups (broad SMARTS) is 1. The van der Waals surface area contributed by atoms with E-state index in [2.05, 4.69) is 9.97 Å². The maximum absolute atomic E-state index is 11.0. The van der Waals surface area contributed by atoms with Gasteiger partial charge in [-0.2, -0.15) is 0 Å². The zero-order valence-electron chi connectivity index (χ0n) is 11.3. The molecule has 1 heterocycles. The second-order valence-corrected chi connectivity index (χ2v) is 4.89. The number of aromatic nitrogens is 2. The van der Waals surface area contributed by atoms with Gasteiger partial charge in [-0.1, -0.05) is 18.2 Å². The van der Waals surface area contributed by atoms with Crippen molar-refractivity contribution in [2.45, 2.75) is 13.8 Å². The van der Waals surface area contributed by atoms with Gasteiger partial charge in [-0.15, -0.1) is 0 Å². The SMILES string of the molecule is Cc1cccc(C)c1-c1nc2ccc(C(=O)O)cc2[nH]1. The number of carbonyl (C=O) groups is 1. The van der Waals surface area contributed by atoms with Crippen LogP contribution in [0, 0.1) is 13.8 Å². The molecule has 100 valence electrons. The number of nitrogens with zero attached hydrogens (tertiary/aromatic N) is 1. The fraction of sp³-hybridized carbons (Fsp3) is 0.125. The molecule has 0 bridgehead atoms. The van der Waals surface area contributed by atoms with Crippen molar-refractivity contribution in [2.24, 2.45) is 0 Å². The van der Waals surface area contributed by atoms with E-state index in [9.17, 15) is 4.79 Å². The number of nitrogens with one attached hydrogen (secondary N) is 1. The number of fused-ring (bicyclic) bond motifs is 1. The number of aromatic amines is 1. The lowest BCUT2D eigenvalue weighted by Crippen LogP contribution is -1.94. The van der Waals surface area contributed by atoms with Crippen molar-refractivity contribution in [2.75, 3.05) is 0 Å². The third kappa shape index (κ3) is 1.95. The molecule has 0 aliphatic carbocycles. The Hall–Kier alpha value is -2.62. The maximum atomic E-state index is 11.0. The molecule has 0 radical (unpaired) electrons. The Balaban J connectivity index is 2.21. The van der Waals surface area contributed by atoms with Crippen LogP contribution in [0.5, 0.6) is 0 Å². The van der Waals surface area contributed by atoms with Gasteiger partial charge in [-0.3, -0.25) is 0 Å². The van der Waals surface area contributed by atoms with Crippen molar-refractivity contribution in [3.05, 3.63) is 53.1 Å². The number of rotatable bonds is 2. The molecule has 0 atom stereocenters. The molecule has 4 nitrogen and oxygen atoms in total. The van der Waals surface area contributed by atoms with E-state index < -0.39 is 5.97 Å². The molecule has 0 fully saturated rings. The zero-order valence-corrected chi connectivity index (χ0v) is 11.3. The fourth-order valence-corrected chi connectivity index (χ4v) is 2.45. The van der Waals surface area contributed by atoms with Crippen LogP contribution in [0.1, 0.15) is 21.5 Å². The summed E-state index contributed by atoms with van der Waals surface area (Å²) in [4.78, 5) is 18.8. The second kappa shape index (κ2) is 4.49. The molecule has 0 aliphatic rings. The summed E-state index contributed by atoms with van der Waals surface area (Å²) in [6.45, 7) is 4.08. The first-order valence-corrected chi connectivity index (χ1v) is 6.36. The van der Waals surface area contributed by atoms with Crippen LogP contribution in [-0.4, -0.2) is 21.0 Å². The summed E-state index contributed by atoms with van der Waals surface area (Å²) < 4.78 is 0. The molecule has 2 aromatic carbocycles. The van der Waals surface area contributed by atoms with Crippen LogP contribution < -0.4 is 0 Å². The minimum atomic E-state index is -0.935. The number of hydrogen-bond donors (Lipinski definition) is 2. The molecule has 1 aromatic heterocycles. The van der Waals surface area contributed by atoms with Crippen LogP contribution in [0.2, 0.25) is 0 Å². The lowest BCUT2D eigenvalue weighted by atomic mass is 10.0. The summed E-state index contributed by atoms with van der Waals surface area (Å²) >= 11 is 0. The van der Waals surface area contributed by atoms with Crippen molar-refractivity contribution in [3.8, 4) is 11.4 Å². The summed E-state index contributed by atoms with van der Waals surface area (Å²) in [6, 6.07) is 11.0. The Morgan fingerprint density at radius 2 is 1.85 bits per heavy atom. The monoisotopic (exact) mass is 266 g/mol. The van der Waals surface area contributed by atoms with E-state index in [1.165, 1.54) is 0 Å². The number of benzene rings is 2. The van der Waals surface area contributed by atoms with Crippen molar-refractivity contribution in [3.63, 3.8) is 0 Å². The normalized spacial score (nSPS) is 10.9. The first-order valence-electron chi connectivity index (χ1n) is 6.36. The van der Waals surface area contributed by atoms with Gasteiger partial charge in [-0.05, 0) is 43.2 Å². The maximum Gasteiger partial charge on any atom is 0.335 e. The van der Waals surface area contributed by atoms with Crippen LogP contribution in [-0.2, 0) is 0 Å². The van der Waals surface area contributed by atoms with Gasteiger partial charge in [0.2, 0.25) is 0 Å². The van der Waals surface area contributed by atoms with Gasteiger partial charge in [-0.25, -0.2) is 9.78 Å². The molecule has 20 heavy (non-hydrogen) atoms. The molecule has 4 heteroatoms. The Labute approximate surface area is 116 Å². The van der Waals surface area contributed by atoms with Crippen molar-refractivity contribution in [1.29, 1.82) is 0 Å². The highest BCUT2D eigenvalue weighted by molar-refractivity contribution is 5.93. The van der Waals surface area contributed by atoms with E-state index in [-0.39, 0.29) is 5.56 Å². The standard InChI is InChI=1S/C16H14N2O2/c1-9-4-3-5-10(2)14(9)15-17-12-7-6-11(16(19)20)8-13(12)18-15/h3-8H,1-2H3,(H,17,18)(H,19,20). The summed E-state index contributed by atoms with van der Waals surface area (Å²) in [5, 5.41) is 9.02. The fourth-order valence-electron chi connectivity index (χ4n) is 2.45. The molecule has 0 unspecified atom stereocenters. The van der Waals surface area contributed by atoms with Gasteiger partial charge in [0.1, 0.15) is 5.82 Å². The van der Waals surface area contributed by atoms with Crippen LogP contribution >= 0.6 is 0 Å². The molecule has 0 spiro atoms. The van der Waals surface area contributed by atoms with Crippen LogP contribution in [0.25, 0.3) is 22.4 Å². The first kappa shape index (κ1) is 12.4. The van der Waals surface area contributed by atoms with Gasteiger partial charge in [0, 0.05) is 5.56 Å². The number of H-pyrrole nitrogens is 1. The van der Waals surface area contributed by atoms with E-state index in [0.29, 0.717) is 0 Å². The summed E-state index contributed by atoms with van der Waals surface area (Å²) in [5.41, 5.74) is 5.12. The number of aryl methyl sites for hydroxylation is 2. The summed E-state index contributed by atoms with van der Waals surface area (Å²) in [7, 11) is 0. The number of carboxylic acids is 1. The Kier molecular flexibility index (Phi) is 2.79. The number of hydrogen-bond acceptors (Lipinski definition) is 2. The minimum Gasteiger partial charge on any atom is -0.478 e. The average molecular weight is 266 g/mol. The molecule has 2 N–H and O–H groups in total. The lowest BCUT2D eigenvalue weighted by Gasteiger charge is -2.05. The van der Waals surface area contributed by atoms with Gasteiger partial charge in [0.05, 0.1) is 16.6 Å². The smallest absolute Gasteiger partial charge is 0.335 e. The Bertz CT molecular complexity index is 798. The highest BCUT2D eigenvalue weighted by Gasteiger charge is 2.11. The molecule has 0 saturated heterocycles. The van der Waals surface area contributed by atoms with E-state index in [0.717, 1.165) is 33.5 Å². The minimum absolute atomic E-state index is 0.259. The third-order valence-electron chi connectivity index (χ3n) is 3.45. The molecule has 3 rings (SSSR count). The van der Waals surface area contributed by atoms with Crippen molar-refractivity contribution < 1.29 is 9.90 Å². The van der Waals surface area contributed by atoms with Gasteiger partial charge < -0.3 is 10.1 Å². The largest absolute Gasteiger partial charge is 0.478 e. The Morgan fingerprint density at radius 1 is 1.15 bits per heavy atom. The number of aromatic carboxylic acids is 1. The van der Waals surface area contributed by atoms with Gasteiger partial charge >= 0.3 is 5.97 Å². The van der Waals surface area contributed by atoms with Crippen LogP contribution in [0.15, 0.2) is 36.4 Å². The summed E-state index contributed by atoms with van der Waals surface area (Å²) in [5.74, 6) is -0.159. The van der Waals surface area contributed by atoms with Gasteiger partial charge in [0.15, 0.2) is 0 Å². The first-order chi connectivity index (χ1) is 9.56. The highest BCUT2D eigenvalue weighted by Crippen LogP contribution is 2.27. The van der Waals surface area contributed by atoms with E-state index in [1.54, 1.807) is 18.2 Å². The molecule has 0 aliphatic heterocycles. The number of imidazole rings is 1. The Morgan fingerprint density at radius 3 is 2.50 bits per heavy atom. The molecule has 3 aromatic rings. The average Bonchev–Trinajstić information content (AvgIpc) is 2.80.